The number of aliphatic carboxylic acids is 1. The Kier molecular flexibility index (Phi) is 7.32. The second-order valence-corrected chi connectivity index (χ2v) is 8.04. The molecule has 0 bridgehead atoms. The first kappa shape index (κ1) is 22.5. The third kappa shape index (κ3) is 5.96. The van der Waals surface area contributed by atoms with Gasteiger partial charge in [0.05, 0.1) is 13.0 Å². The van der Waals surface area contributed by atoms with Gasteiger partial charge in [0.25, 0.3) is 0 Å². The predicted octanol–water partition coefficient (Wildman–Crippen LogP) is 4.45. The van der Waals surface area contributed by atoms with Gasteiger partial charge in [-0.2, -0.15) is 0 Å². The first-order chi connectivity index (χ1) is 16.1. The van der Waals surface area contributed by atoms with Crippen LogP contribution in [0.5, 0.6) is 5.75 Å². The molecule has 0 amide bonds. The first-order valence-electron chi connectivity index (χ1n) is 11.1. The Labute approximate surface area is 193 Å². The lowest BCUT2D eigenvalue weighted by molar-refractivity contribution is -0.142. The standard InChI is InChI=1S/C26H28N4O3/c1-33-22-12-8-19(9-13-22)20-16-28-26(29-17-20)30-21-10-6-18(7-11-21)14-15-27-24-5-3-2-4-23(24)25(31)32/h2-3,6-13,16-17,23-24,27H,4-5,14-15H2,1H3,(H,31,32)(H,28,29,30)/t23-,24+/m0/s1. The summed E-state index contributed by atoms with van der Waals surface area (Å²) in [6.07, 6.45) is 9.79. The quantitative estimate of drug-likeness (QED) is 0.420. The third-order valence-corrected chi connectivity index (χ3v) is 5.86. The Morgan fingerprint density at radius 3 is 2.36 bits per heavy atom. The Bertz CT molecular complexity index is 1080. The van der Waals surface area contributed by atoms with Crippen LogP contribution in [0.3, 0.4) is 0 Å². The highest BCUT2D eigenvalue weighted by Crippen LogP contribution is 2.23. The van der Waals surface area contributed by atoms with Crippen LogP contribution in [0.15, 0.2) is 73.1 Å². The van der Waals surface area contributed by atoms with Gasteiger partial charge in [0, 0.05) is 29.7 Å². The molecule has 1 aliphatic rings. The summed E-state index contributed by atoms with van der Waals surface area (Å²) in [5.74, 6) is 0.267. The van der Waals surface area contributed by atoms with E-state index in [1.165, 1.54) is 5.56 Å². The molecule has 2 atom stereocenters. The number of rotatable bonds is 9. The molecule has 0 aliphatic heterocycles. The third-order valence-electron chi connectivity index (χ3n) is 5.86. The molecule has 3 aromatic rings. The number of hydrogen-bond donors (Lipinski definition) is 3. The summed E-state index contributed by atoms with van der Waals surface area (Å²) in [5, 5.41) is 16.0. The number of allylic oxidation sites excluding steroid dienone is 1. The van der Waals surface area contributed by atoms with Crippen molar-refractivity contribution in [2.24, 2.45) is 5.92 Å². The molecule has 7 nitrogen and oxygen atoms in total. The molecule has 0 saturated carbocycles. The van der Waals surface area contributed by atoms with E-state index in [1.807, 2.05) is 42.5 Å². The molecule has 0 fully saturated rings. The van der Waals surface area contributed by atoms with Crippen LogP contribution in [0, 0.1) is 5.92 Å². The summed E-state index contributed by atoms with van der Waals surface area (Å²) in [6.45, 7) is 0.741. The fraction of sp³-hybridized carbons (Fsp3) is 0.269. The number of methoxy groups -OCH3 is 1. The van der Waals surface area contributed by atoms with Gasteiger partial charge in [0.1, 0.15) is 5.75 Å². The van der Waals surface area contributed by atoms with Gasteiger partial charge in [-0.05, 0) is 61.2 Å². The highest BCUT2D eigenvalue weighted by atomic mass is 16.5. The molecule has 7 heteroatoms. The van der Waals surface area contributed by atoms with Crippen LogP contribution in [-0.2, 0) is 11.2 Å². The molecule has 0 radical (unpaired) electrons. The molecule has 1 heterocycles. The van der Waals surface area contributed by atoms with Crippen LogP contribution >= 0.6 is 0 Å². The monoisotopic (exact) mass is 444 g/mol. The Balaban J connectivity index is 1.28. The fourth-order valence-corrected chi connectivity index (χ4v) is 3.92. The highest BCUT2D eigenvalue weighted by molar-refractivity contribution is 5.71. The number of benzene rings is 2. The second-order valence-electron chi connectivity index (χ2n) is 8.04. The number of nitrogens with one attached hydrogen (secondary N) is 2. The molecule has 0 saturated heterocycles. The predicted molar refractivity (Wildman–Crippen MR) is 129 cm³/mol. The van der Waals surface area contributed by atoms with Crippen molar-refractivity contribution in [1.29, 1.82) is 0 Å². The summed E-state index contributed by atoms with van der Waals surface area (Å²) in [4.78, 5) is 20.2. The van der Waals surface area contributed by atoms with E-state index in [0.29, 0.717) is 12.4 Å². The van der Waals surface area contributed by atoms with Crippen molar-refractivity contribution < 1.29 is 14.6 Å². The molecule has 2 aromatic carbocycles. The lowest BCUT2D eigenvalue weighted by Crippen LogP contribution is -2.41. The summed E-state index contributed by atoms with van der Waals surface area (Å²) >= 11 is 0. The van der Waals surface area contributed by atoms with E-state index in [-0.39, 0.29) is 12.0 Å². The summed E-state index contributed by atoms with van der Waals surface area (Å²) < 4.78 is 5.19. The van der Waals surface area contributed by atoms with E-state index in [9.17, 15) is 9.90 Å². The molecular formula is C26H28N4O3. The molecule has 1 aromatic heterocycles. The van der Waals surface area contributed by atoms with Crippen molar-refractivity contribution in [3.63, 3.8) is 0 Å². The van der Waals surface area contributed by atoms with E-state index in [1.54, 1.807) is 19.5 Å². The Morgan fingerprint density at radius 1 is 1.00 bits per heavy atom. The van der Waals surface area contributed by atoms with Gasteiger partial charge < -0.3 is 20.5 Å². The Hall–Kier alpha value is -3.71. The first-order valence-corrected chi connectivity index (χ1v) is 11.1. The lowest BCUT2D eigenvalue weighted by Gasteiger charge is -2.26. The van der Waals surface area contributed by atoms with E-state index in [2.05, 4.69) is 38.8 Å². The number of anilines is 2. The number of nitrogens with zero attached hydrogens (tertiary/aromatic N) is 2. The maximum atomic E-state index is 11.4. The molecule has 1 aliphatic carbocycles. The van der Waals surface area contributed by atoms with Gasteiger partial charge in [-0.15, -0.1) is 0 Å². The molecule has 0 spiro atoms. The molecule has 3 N–H and O–H groups in total. The van der Waals surface area contributed by atoms with E-state index >= 15 is 0 Å². The average molecular weight is 445 g/mol. The van der Waals surface area contributed by atoms with Crippen molar-refractivity contribution >= 4 is 17.6 Å². The highest BCUT2D eigenvalue weighted by Gasteiger charge is 2.27. The number of carbonyl (C=O) groups is 1. The van der Waals surface area contributed by atoms with Crippen LogP contribution < -0.4 is 15.4 Å². The summed E-state index contributed by atoms with van der Waals surface area (Å²) in [7, 11) is 1.65. The largest absolute Gasteiger partial charge is 0.497 e. The minimum Gasteiger partial charge on any atom is -0.497 e. The zero-order chi connectivity index (χ0) is 23.0. The van der Waals surface area contributed by atoms with Crippen LogP contribution in [0.25, 0.3) is 11.1 Å². The smallest absolute Gasteiger partial charge is 0.308 e. The molecule has 0 unspecified atom stereocenters. The van der Waals surface area contributed by atoms with Crippen LogP contribution in [0.1, 0.15) is 18.4 Å². The van der Waals surface area contributed by atoms with E-state index < -0.39 is 5.97 Å². The van der Waals surface area contributed by atoms with Crippen molar-refractivity contribution in [2.45, 2.75) is 25.3 Å². The average Bonchev–Trinajstić information content (AvgIpc) is 2.86. The molecular weight excluding hydrogens is 416 g/mol. The van der Waals surface area contributed by atoms with Crippen LogP contribution in [0.4, 0.5) is 11.6 Å². The minimum atomic E-state index is -0.730. The number of hydrogen-bond acceptors (Lipinski definition) is 6. The number of ether oxygens (including phenoxy) is 1. The summed E-state index contributed by atoms with van der Waals surface area (Å²) in [5.41, 5.74) is 4.05. The van der Waals surface area contributed by atoms with Crippen LogP contribution in [-0.4, -0.2) is 40.7 Å². The van der Waals surface area contributed by atoms with Gasteiger partial charge in [-0.3, -0.25) is 4.79 Å². The van der Waals surface area contributed by atoms with Gasteiger partial charge in [0.2, 0.25) is 5.95 Å². The normalized spacial score (nSPS) is 17.5. The molecule has 170 valence electrons. The van der Waals surface area contributed by atoms with Crippen molar-refractivity contribution in [2.75, 3.05) is 19.0 Å². The van der Waals surface area contributed by atoms with E-state index in [0.717, 1.165) is 42.0 Å². The van der Waals surface area contributed by atoms with Gasteiger partial charge >= 0.3 is 5.97 Å². The minimum absolute atomic E-state index is 0.00789. The lowest BCUT2D eigenvalue weighted by atomic mass is 9.89. The van der Waals surface area contributed by atoms with Gasteiger partial charge in [-0.25, -0.2) is 9.97 Å². The summed E-state index contributed by atoms with van der Waals surface area (Å²) in [6, 6.07) is 15.9. The second kappa shape index (κ2) is 10.7. The topological polar surface area (TPSA) is 96.4 Å². The SMILES string of the molecule is COc1ccc(-c2cnc(Nc3ccc(CCN[C@@H]4CC=CC[C@@H]4C(=O)O)cc3)nc2)cc1. The van der Waals surface area contributed by atoms with Crippen molar-refractivity contribution in [3.05, 3.63) is 78.6 Å². The number of carboxylic acid groups (broad SMARTS) is 1. The Morgan fingerprint density at radius 2 is 1.70 bits per heavy atom. The van der Waals surface area contributed by atoms with Crippen molar-refractivity contribution in [1.82, 2.24) is 15.3 Å². The molecule has 33 heavy (non-hydrogen) atoms. The van der Waals surface area contributed by atoms with E-state index in [4.69, 9.17) is 4.74 Å². The zero-order valence-electron chi connectivity index (χ0n) is 18.6. The van der Waals surface area contributed by atoms with Crippen LogP contribution in [0.2, 0.25) is 0 Å². The maximum Gasteiger partial charge on any atom is 0.308 e. The zero-order valence-corrected chi connectivity index (χ0v) is 18.6. The van der Waals surface area contributed by atoms with Crippen molar-refractivity contribution in [3.8, 4) is 16.9 Å². The molecule has 4 rings (SSSR count). The number of carboxylic acids is 1. The number of aromatic nitrogens is 2. The fourth-order valence-electron chi connectivity index (χ4n) is 3.92. The van der Waals surface area contributed by atoms with Gasteiger partial charge in [-0.1, -0.05) is 36.4 Å². The van der Waals surface area contributed by atoms with Gasteiger partial charge in [0.15, 0.2) is 0 Å². The maximum absolute atomic E-state index is 11.4.